The van der Waals surface area contributed by atoms with Gasteiger partial charge in [0.25, 0.3) is 11.6 Å². The first-order valence-corrected chi connectivity index (χ1v) is 7.84. The summed E-state index contributed by atoms with van der Waals surface area (Å²) in [5.41, 5.74) is -1.60. The summed E-state index contributed by atoms with van der Waals surface area (Å²) < 4.78 is 41.3. The van der Waals surface area contributed by atoms with Crippen LogP contribution in [0, 0.1) is 10.1 Å². The van der Waals surface area contributed by atoms with Gasteiger partial charge in [-0.3, -0.25) is 19.9 Å². The normalized spacial score (nSPS) is 11.2. The van der Waals surface area contributed by atoms with E-state index in [2.05, 4.69) is 15.4 Å². The van der Waals surface area contributed by atoms with Crippen molar-refractivity contribution in [3.05, 3.63) is 81.9 Å². The number of hydrogen-bond donors (Lipinski definition) is 1. The Labute approximate surface area is 155 Å². The van der Waals surface area contributed by atoms with Crippen LogP contribution in [0.4, 0.5) is 18.9 Å². The Balaban J connectivity index is 1.92. The van der Waals surface area contributed by atoms with Crippen LogP contribution in [0.5, 0.6) is 0 Å². The summed E-state index contributed by atoms with van der Waals surface area (Å²) in [6, 6.07) is 7.59. The SMILES string of the molecule is O=C(NCc1ccncc1)c1cnn(-c2ccc([N+](=O)[O-])cc2)c1C(F)(F)F. The van der Waals surface area contributed by atoms with E-state index in [1.54, 1.807) is 12.1 Å². The summed E-state index contributed by atoms with van der Waals surface area (Å²) in [7, 11) is 0. The number of nitro benzene ring substituents is 1. The average Bonchev–Trinajstić information content (AvgIpc) is 3.13. The Morgan fingerprint density at radius 3 is 2.36 bits per heavy atom. The van der Waals surface area contributed by atoms with Crippen molar-refractivity contribution in [2.45, 2.75) is 12.7 Å². The Kier molecular flexibility index (Phi) is 5.07. The number of nitrogens with zero attached hydrogens (tertiary/aromatic N) is 4. The molecule has 3 rings (SSSR count). The summed E-state index contributed by atoms with van der Waals surface area (Å²) in [5, 5.41) is 16.8. The lowest BCUT2D eigenvalue weighted by Gasteiger charge is -2.13. The number of carbonyl (C=O) groups excluding carboxylic acids is 1. The highest BCUT2D eigenvalue weighted by Crippen LogP contribution is 2.34. The predicted octanol–water partition coefficient (Wildman–Crippen LogP) is 3.12. The summed E-state index contributed by atoms with van der Waals surface area (Å²) in [4.78, 5) is 26.2. The van der Waals surface area contributed by atoms with Crippen LogP contribution < -0.4 is 5.32 Å². The van der Waals surface area contributed by atoms with Gasteiger partial charge in [0.15, 0.2) is 5.69 Å². The summed E-state index contributed by atoms with van der Waals surface area (Å²) in [6.45, 7) is 0.0152. The second-order valence-corrected chi connectivity index (χ2v) is 5.63. The molecule has 0 saturated heterocycles. The van der Waals surface area contributed by atoms with Crippen molar-refractivity contribution >= 4 is 11.6 Å². The summed E-state index contributed by atoms with van der Waals surface area (Å²) in [5.74, 6) is -0.947. The maximum absolute atomic E-state index is 13.6. The van der Waals surface area contributed by atoms with Crippen LogP contribution in [0.1, 0.15) is 21.6 Å². The van der Waals surface area contributed by atoms with Crippen LogP contribution in [0.15, 0.2) is 55.0 Å². The smallest absolute Gasteiger partial charge is 0.348 e. The van der Waals surface area contributed by atoms with Crippen molar-refractivity contribution in [3.63, 3.8) is 0 Å². The van der Waals surface area contributed by atoms with Crippen molar-refractivity contribution in [2.75, 3.05) is 0 Å². The molecule has 0 aliphatic carbocycles. The Bertz CT molecular complexity index is 1000. The number of rotatable bonds is 5. The van der Waals surface area contributed by atoms with Gasteiger partial charge in [-0.2, -0.15) is 18.3 Å². The fraction of sp³-hybridized carbons (Fsp3) is 0.118. The molecule has 0 atom stereocenters. The van der Waals surface area contributed by atoms with Crippen LogP contribution in [0.25, 0.3) is 5.69 Å². The van der Waals surface area contributed by atoms with E-state index in [-0.39, 0.29) is 17.9 Å². The molecule has 0 bridgehead atoms. The predicted molar refractivity (Wildman–Crippen MR) is 90.6 cm³/mol. The highest BCUT2D eigenvalue weighted by Gasteiger charge is 2.40. The molecule has 0 aliphatic rings. The number of halogens is 3. The third kappa shape index (κ3) is 3.98. The molecule has 1 amide bonds. The van der Waals surface area contributed by atoms with Crippen LogP contribution in [-0.4, -0.2) is 25.6 Å². The van der Waals surface area contributed by atoms with Gasteiger partial charge >= 0.3 is 6.18 Å². The third-order valence-electron chi connectivity index (χ3n) is 3.79. The van der Waals surface area contributed by atoms with Gasteiger partial charge in [-0.25, -0.2) is 4.68 Å². The number of pyridine rings is 1. The standard InChI is InChI=1S/C17H12F3N5O3/c18-17(19,20)15-14(16(26)22-9-11-5-7-21-8-6-11)10-23-24(15)12-1-3-13(4-2-12)25(27)28/h1-8,10H,9H2,(H,22,26). The monoisotopic (exact) mass is 391 g/mol. The minimum absolute atomic E-state index is 0.0152. The second-order valence-electron chi connectivity index (χ2n) is 5.63. The molecule has 3 aromatic rings. The quantitative estimate of drug-likeness (QED) is 0.532. The van der Waals surface area contributed by atoms with E-state index < -0.39 is 28.3 Å². The van der Waals surface area contributed by atoms with E-state index in [1.165, 1.54) is 12.4 Å². The van der Waals surface area contributed by atoms with Crippen LogP contribution >= 0.6 is 0 Å². The molecule has 2 aromatic heterocycles. The molecule has 28 heavy (non-hydrogen) atoms. The number of amides is 1. The van der Waals surface area contributed by atoms with E-state index in [0.29, 0.717) is 10.2 Å². The average molecular weight is 391 g/mol. The summed E-state index contributed by atoms with van der Waals surface area (Å²) in [6.07, 6.45) is -1.07. The lowest BCUT2D eigenvalue weighted by molar-refractivity contribution is -0.384. The maximum Gasteiger partial charge on any atom is 0.434 e. The number of alkyl halides is 3. The molecular formula is C17H12F3N5O3. The fourth-order valence-electron chi connectivity index (χ4n) is 2.48. The molecule has 11 heteroatoms. The van der Waals surface area contributed by atoms with Crippen molar-refractivity contribution in [1.82, 2.24) is 20.1 Å². The maximum atomic E-state index is 13.6. The first kappa shape index (κ1) is 19.0. The van der Waals surface area contributed by atoms with Crippen molar-refractivity contribution in [2.24, 2.45) is 0 Å². The van der Waals surface area contributed by atoms with E-state index in [9.17, 15) is 28.1 Å². The van der Waals surface area contributed by atoms with Gasteiger partial charge in [-0.1, -0.05) is 0 Å². The number of nitro groups is 1. The van der Waals surface area contributed by atoms with Crippen molar-refractivity contribution in [1.29, 1.82) is 0 Å². The van der Waals surface area contributed by atoms with E-state index >= 15 is 0 Å². The van der Waals surface area contributed by atoms with Gasteiger partial charge in [0, 0.05) is 31.1 Å². The van der Waals surface area contributed by atoms with Gasteiger partial charge in [0.1, 0.15) is 0 Å². The minimum atomic E-state index is -4.87. The Morgan fingerprint density at radius 2 is 1.79 bits per heavy atom. The first-order chi connectivity index (χ1) is 13.3. The zero-order chi connectivity index (χ0) is 20.3. The molecule has 0 radical (unpaired) electrons. The van der Waals surface area contributed by atoms with Crippen LogP contribution in [-0.2, 0) is 12.7 Å². The molecule has 0 aliphatic heterocycles. The molecular weight excluding hydrogens is 379 g/mol. The number of aromatic nitrogens is 3. The molecule has 0 unspecified atom stereocenters. The topological polar surface area (TPSA) is 103 Å². The first-order valence-electron chi connectivity index (χ1n) is 7.84. The molecule has 0 fully saturated rings. The zero-order valence-corrected chi connectivity index (χ0v) is 14.1. The number of benzene rings is 1. The molecule has 144 valence electrons. The Morgan fingerprint density at radius 1 is 1.14 bits per heavy atom. The third-order valence-corrected chi connectivity index (χ3v) is 3.79. The Hall–Kier alpha value is -3.76. The molecule has 0 saturated carbocycles. The second kappa shape index (κ2) is 7.47. The largest absolute Gasteiger partial charge is 0.434 e. The highest BCUT2D eigenvalue weighted by molar-refractivity contribution is 5.95. The molecule has 8 nitrogen and oxygen atoms in total. The minimum Gasteiger partial charge on any atom is -0.348 e. The van der Waals surface area contributed by atoms with Crippen LogP contribution in [0.3, 0.4) is 0 Å². The molecule has 1 N–H and O–H groups in total. The van der Waals surface area contributed by atoms with E-state index in [4.69, 9.17) is 0 Å². The van der Waals surface area contributed by atoms with Crippen LogP contribution in [0.2, 0.25) is 0 Å². The van der Waals surface area contributed by atoms with Gasteiger partial charge in [-0.15, -0.1) is 0 Å². The number of nitrogens with one attached hydrogen (secondary N) is 1. The number of hydrogen-bond acceptors (Lipinski definition) is 5. The van der Waals surface area contributed by atoms with Gasteiger partial charge in [-0.05, 0) is 29.8 Å². The number of non-ortho nitro benzene ring substituents is 1. The molecule has 1 aromatic carbocycles. The van der Waals surface area contributed by atoms with E-state index in [0.717, 1.165) is 30.5 Å². The molecule has 0 spiro atoms. The zero-order valence-electron chi connectivity index (χ0n) is 14.1. The highest BCUT2D eigenvalue weighted by atomic mass is 19.4. The molecule has 2 heterocycles. The van der Waals surface area contributed by atoms with Gasteiger partial charge in [0.2, 0.25) is 0 Å². The fourth-order valence-corrected chi connectivity index (χ4v) is 2.48. The van der Waals surface area contributed by atoms with Crippen molar-refractivity contribution < 1.29 is 22.9 Å². The van der Waals surface area contributed by atoms with Gasteiger partial charge < -0.3 is 5.32 Å². The number of carbonyl (C=O) groups is 1. The van der Waals surface area contributed by atoms with Gasteiger partial charge in [0.05, 0.1) is 22.4 Å². The lowest BCUT2D eigenvalue weighted by atomic mass is 10.2. The lowest BCUT2D eigenvalue weighted by Crippen LogP contribution is -2.26. The van der Waals surface area contributed by atoms with Crippen molar-refractivity contribution in [3.8, 4) is 5.69 Å². The summed E-state index contributed by atoms with van der Waals surface area (Å²) >= 11 is 0. The van der Waals surface area contributed by atoms with E-state index in [1.807, 2.05) is 0 Å².